The number of carbonyl (C=O) groups is 13. The van der Waals surface area contributed by atoms with E-state index in [1.807, 2.05) is 0 Å². The van der Waals surface area contributed by atoms with E-state index in [1.165, 1.54) is 0 Å². The Balaban J connectivity index is 3.22. The van der Waals surface area contributed by atoms with Gasteiger partial charge in [-0.25, -0.2) is 0 Å². The van der Waals surface area contributed by atoms with Crippen LogP contribution in [0, 0.1) is 11.8 Å². The predicted octanol–water partition coefficient (Wildman–Crippen LogP) is -3.57. The lowest BCUT2D eigenvalue weighted by Crippen LogP contribution is -2.60. The highest BCUT2D eigenvalue weighted by atomic mass is 16.4. The maximum absolute atomic E-state index is 13.7. The van der Waals surface area contributed by atoms with Gasteiger partial charge in [-0.15, -0.1) is 0 Å². The van der Waals surface area contributed by atoms with E-state index >= 15 is 0 Å². The number of benzene rings is 1. The van der Waals surface area contributed by atoms with Crippen molar-refractivity contribution in [3.63, 3.8) is 0 Å². The zero-order chi connectivity index (χ0) is 55.7. The number of carboxylic acids is 3. The van der Waals surface area contributed by atoms with E-state index in [1.54, 1.807) is 58.0 Å². The van der Waals surface area contributed by atoms with Crippen LogP contribution in [0.2, 0.25) is 0 Å². The van der Waals surface area contributed by atoms with Gasteiger partial charge >= 0.3 is 17.9 Å². The summed E-state index contributed by atoms with van der Waals surface area (Å²) in [5.74, 6) is -14.4. The molecule has 1 aromatic rings. The number of aliphatic hydroxyl groups excluding tert-OH is 1. The molecule has 27 nitrogen and oxygen atoms in total. The second-order valence-corrected chi connectivity index (χ2v) is 18.1. The standard InChI is InChI=1S/C46H70N10O17/c1-22(2)17-30(39(47)66)53-45(72)32(19-27-11-9-8-10-12-27)54-41(68)28(13-15-35(60)61)51-34(59)21-48-46(73)38(25(6)57)56-42(69)29(14-16-36(62)63)52-40(67)24(5)49-43(70)33(20-37(64)65)55-44(71)31(18-23(3)4)50-26(7)58/h8-12,22-25,28-33,38,57H,13-21H2,1-7H3,(H2,47,66)(H,48,73)(H,49,70)(H,50,58)(H,51,59)(H,52,67)(H,53,72)(H,54,68)(H,55,71)(H,56,69)(H,60,61)(H,62,63)(H,64,65)/t24-,25+,28-,29-,30-,31-,32-,33-,38-/m0/s1. The molecule has 73 heavy (non-hydrogen) atoms. The summed E-state index contributed by atoms with van der Waals surface area (Å²) in [7, 11) is 0. The summed E-state index contributed by atoms with van der Waals surface area (Å²) in [4.78, 5) is 165. The predicted molar refractivity (Wildman–Crippen MR) is 256 cm³/mol. The van der Waals surface area contributed by atoms with E-state index in [4.69, 9.17) is 5.73 Å². The first kappa shape index (κ1) is 63.3. The van der Waals surface area contributed by atoms with Crippen LogP contribution in [-0.4, -0.2) is 158 Å². The first-order valence-electron chi connectivity index (χ1n) is 23.3. The number of rotatable bonds is 33. The maximum atomic E-state index is 13.7. The molecule has 0 radical (unpaired) electrons. The molecule has 0 bridgehead atoms. The normalized spacial score (nSPS) is 14.7. The Morgan fingerprint density at radius 2 is 0.959 bits per heavy atom. The van der Waals surface area contributed by atoms with Crippen molar-refractivity contribution >= 4 is 77.0 Å². The number of primary amides is 1. The van der Waals surface area contributed by atoms with Crippen molar-refractivity contribution in [2.45, 2.75) is 154 Å². The highest BCUT2D eigenvalue weighted by Gasteiger charge is 2.35. The molecule has 0 saturated heterocycles. The van der Waals surface area contributed by atoms with Crippen LogP contribution in [0.25, 0.3) is 0 Å². The number of aliphatic hydroxyl groups is 1. The summed E-state index contributed by atoms with van der Waals surface area (Å²) in [6.07, 6.45) is -4.99. The zero-order valence-corrected chi connectivity index (χ0v) is 41.8. The van der Waals surface area contributed by atoms with Crippen LogP contribution in [0.3, 0.4) is 0 Å². The lowest BCUT2D eigenvalue weighted by molar-refractivity contribution is -0.142. The van der Waals surface area contributed by atoms with E-state index in [0.29, 0.717) is 5.56 Å². The summed E-state index contributed by atoms with van der Waals surface area (Å²) in [6, 6.07) is -3.84. The molecule has 10 amide bonds. The topological polar surface area (TPSA) is 437 Å². The van der Waals surface area contributed by atoms with Crippen molar-refractivity contribution in [3.05, 3.63) is 35.9 Å². The highest BCUT2D eigenvalue weighted by molar-refractivity contribution is 5.98. The smallest absolute Gasteiger partial charge is 0.305 e. The zero-order valence-electron chi connectivity index (χ0n) is 41.8. The van der Waals surface area contributed by atoms with Gasteiger partial charge in [0.1, 0.15) is 48.3 Å². The molecule has 15 N–H and O–H groups in total. The Morgan fingerprint density at radius 3 is 1.45 bits per heavy atom. The van der Waals surface area contributed by atoms with Crippen molar-refractivity contribution in [1.82, 2.24) is 47.9 Å². The van der Waals surface area contributed by atoms with Gasteiger partial charge in [0.25, 0.3) is 0 Å². The molecule has 1 aromatic carbocycles. The molecule has 0 unspecified atom stereocenters. The molecule has 1 rings (SSSR count). The molecule has 0 aliphatic heterocycles. The van der Waals surface area contributed by atoms with E-state index in [-0.39, 0.29) is 31.1 Å². The lowest BCUT2D eigenvalue weighted by atomic mass is 10.0. The minimum absolute atomic E-state index is 0.0691. The quantitative estimate of drug-likeness (QED) is 0.0324. The Hall–Kier alpha value is -7.71. The van der Waals surface area contributed by atoms with Crippen LogP contribution in [0.5, 0.6) is 0 Å². The first-order valence-corrected chi connectivity index (χ1v) is 23.3. The molecular formula is C46H70N10O17. The monoisotopic (exact) mass is 1030 g/mol. The third-order valence-corrected chi connectivity index (χ3v) is 10.5. The van der Waals surface area contributed by atoms with Gasteiger partial charge in [0.2, 0.25) is 59.1 Å². The molecule has 27 heteroatoms. The Kier molecular flexibility index (Phi) is 27.4. The molecule has 9 atom stereocenters. The summed E-state index contributed by atoms with van der Waals surface area (Å²) >= 11 is 0. The Bertz CT molecular complexity index is 2140. The van der Waals surface area contributed by atoms with Crippen molar-refractivity contribution in [3.8, 4) is 0 Å². The van der Waals surface area contributed by atoms with E-state index in [9.17, 15) is 82.8 Å². The maximum Gasteiger partial charge on any atom is 0.305 e. The molecule has 406 valence electrons. The average Bonchev–Trinajstić information content (AvgIpc) is 3.28. The van der Waals surface area contributed by atoms with E-state index in [0.717, 1.165) is 20.8 Å². The Labute approximate surface area is 421 Å². The van der Waals surface area contributed by atoms with Crippen LogP contribution in [-0.2, 0) is 68.7 Å². The number of carboxylic acid groups (broad SMARTS) is 3. The van der Waals surface area contributed by atoms with Gasteiger partial charge in [0.05, 0.1) is 19.1 Å². The number of carbonyl (C=O) groups excluding carboxylic acids is 10. The van der Waals surface area contributed by atoms with Gasteiger partial charge in [0.15, 0.2) is 0 Å². The number of amides is 10. The SMILES string of the molecule is CC(=O)N[C@@H](CC(C)C)C(=O)N[C@@H](CC(=O)O)C(=O)N[C@@H](C)C(=O)N[C@@H](CCC(=O)O)C(=O)N[C@H](C(=O)NCC(=O)N[C@@H](CCC(=O)O)C(=O)N[C@@H](Cc1ccccc1)C(=O)N[C@@H](CC(C)C)C(N)=O)[C@@H](C)O. The summed E-state index contributed by atoms with van der Waals surface area (Å²) < 4.78 is 0. The fraction of sp³-hybridized carbons (Fsp3) is 0.587. The van der Waals surface area contributed by atoms with Gasteiger partial charge in [-0.05, 0) is 56.9 Å². The van der Waals surface area contributed by atoms with Gasteiger partial charge in [0, 0.05) is 26.2 Å². The van der Waals surface area contributed by atoms with Gasteiger partial charge in [-0.2, -0.15) is 0 Å². The van der Waals surface area contributed by atoms with Crippen molar-refractivity contribution < 1.29 is 82.8 Å². The minimum atomic E-state index is -1.89. The van der Waals surface area contributed by atoms with Crippen molar-refractivity contribution in [2.75, 3.05) is 6.54 Å². The summed E-state index contributed by atoms with van der Waals surface area (Å²) in [5.41, 5.74) is 6.09. The minimum Gasteiger partial charge on any atom is -0.481 e. The van der Waals surface area contributed by atoms with E-state index in [2.05, 4.69) is 47.9 Å². The fourth-order valence-electron chi connectivity index (χ4n) is 6.86. The first-order chi connectivity index (χ1) is 34.0. The van der Waals surface area contributed by atoms with Gasteiger partial charge in [-0.1, -0.05) is 58.0 Å². The number of hydrogen-bond donors (Lipinski definition) is 14. The van der Waals surface area contributed by atoms with Crippen LogP contribution < -0.4 is 53.6 Å². The second-order valence-electron chi connectivity index (χ2n) is 18.1. The van der Waals surface area contributed by atoms with Crippen molar-refractivity contribution in [2.24, 2.45) is 17.6 Å². The van der Waals surface area contributed by atoms with E-state index < -0.39 is 170 Å². The third-order valence-electron chi connectivity index (χ3n) is 10.5. The molecule has 0 aliphatic rings. The number of hydrogen-bond acceptors (Lipinski definition) is 14. The van der Waals surface area contributed by atoms with Crippen LogP contribution in [0.4, 0.5) is 0 Å². The van der Waals surface area contributed by atoms with Crippen LogP contribution in [0.15, 0.2) is 30.3 Å². The molecule has 0 saturated carbocycles. The van der Waals surface area contributed by atoms with Crippen LogP contribution >= 0.6 is 0 Å². The molecule has 0 fully saturated rings. The second kappa shape index (κ2) is 31.6. The molecular weight excluding hydrogens is 965 g/mol. The van der Waals surface area contributed by atoms with Gasteiger partial charge < -0.3 is 74.0 Å². The fourth-order valence-corrected chi connectivity index (χ4v) is 6.86. The molecule has 0 spiro atoms. The number of nitrogens with one attached hydrogen (secondary N) is 9. The van der Waals surface area contributed by atoms with Crippen molar-refractivity contribution in [1.29, 1.82) is 0 Å². The number of nitrogens with two attached hydrogens (primary N) is 1. The molecule has 0 aromatic heterocycles. The highest BCUT2D eigenvalue weighted by Crippen LogP contribution is 2.11. The lowest BCUT2D eigenvalue weighted by Gasteiger charge is -2.26. The number of aliphatic carboxylic acids is 3. The largest absolute Gasteiger partial charge is 0.481 e. The third kappa shape index (κ3) is 25.3. The molecule has 0 aliphatic carbocycles. The van der Waals surface area contributed by atoms with Crippen LogP contribution in [0.1, 0.15) is 99.0 Å². The summed E-state index contributed by atoms with van der Waals surface area (Å²) in [6.45, 7) is 9.46. The summed E-state index contributed by atoms with van der Waals surface area (Å²) in [5, 5.41) is 59.4. The molecule has 0 heterocycles. The van der Waals surface area contributed by atoms with Gasteiger partial charge in [-0.3, -0.25) is 62.3 Å². The average molecular weight is 1040 g/mol. The Morgan fingerprint density at radius 1 is 0.507 bits per heavy atom.